The molecular formula is C10H16N4. The van der Waals surface area contributed by atoms with Crippen LogP contribution < -0.4 is 5.32 Å². The van der Waals surface area contributed by atoms with Gasteiger partial charge < -0.3 is 9.88 Å². The predicted octanol–water partition coefficient (Wildman–Crippen LogP) is 1.99. The Kier molecular flexibility index (Phi) is 3.06. The first-order chi connectivity index (χ1) is 6.61. The molecule has 4 nitrogen and oxygen atoms in total. The molecule has 4 heteroatoms. The average molecular weight is 192 g/mol. The molecule has 1 aromatic heterocycles. The van der Waals surface area contributed by atoms with Gasteiger partial charge >= 0.3 is 0 Å². The van der Waals surface area contributed by atoms with Crippen molar-refractivity contribution in [3.05, 3.63) is 18.6 Å². The van der Waals surface area contributed by atoms with Gasteiger partial charge in [-0.25, -0.2) is 9.98 Å². The van der Waals surface area contributed by atoms with E-state index in [1.807, 2.05) is 11.6 Å². The number of aromatic nitrogens is 2. The van der Waals surface area contributed by atoms with E-state index < -0.39 is 0 Å². The van der Waals surface area contributed by atoms with Gasteiger partial charge in [-0.3, -0.25) is 0 Å². The van der Waals surface area contributed by atoms with Crippen LogP contribution in [0.15, 0.2) is 17.9 Å². The zero-order valence-electron chi connectivity index (χ0n) is 8.91. The van der Waals surface area contributed by atoms with Crippen LogP contribution in [-0.4, -0.2) is 23.3 Å². The molecule has 1 rings (SSSR count). The van der Waals surface area contributed by atoms with E-state index in [0.29, 0.717) is 6.04 Å². The third-order valence-electron chi connectivity index (χ3n) is 2.06. The first kappa shape index (κ1) is 10.5. The van der Waals surface area contributed by atoms with Crippen LogP contribution in [0.2, 0.25) is 0 Å². The Balaban J connectivity index is 3.20. The second-order valence-corrected chi connectivity index (χ2v) is 3.30. The summed E-state index contributed by atoms with van der Waals surface area (Å²) in [6.07, 6.45) is 1.76. The fourth-order valence-electron chi connectivity index (χ4n) is 1.22. The number of imidazole rings is 1. The van der Waals surface area contributed by atoms with E-state index in [1.165, 1.54) is 0 Å². The molecule has 1 N–H and O–H groups in total. The first-order valence-electron chi connectivity index (χ1n) is 4.52. The third-order valence-corrected chi connectivity index (χ3v) is 2.06. The maximum absolute atomic E-state index is 4.25. The van der Waals surface area contributed by atoms with Crippen LogP contribution in [0.3, 0.4) is 0 Å². The van der Waals surface area contributed by atoms with Crippen LogP contribution in [-0.2, 0) is 0 Å². The van der Waals surface area contributed by atoms with Gasteiger partial charge in [-0.15, -0.1) is 0 Å². The Hall–Kier alpha value is -1.58. The summed E-state index contributed by atoms with van der Waals surface area (Å²) in [6.45, 7) is 11.5. The molecule has 0 saturated heterocycles. The summed E-state index contributed by atoms with van der Waals surface area (Å²) in [6, 6.07) is 0.321. The van der Waals surface area contributed by atoms with Gasteiger partial charge in [-0.05, 0) is 20.6 Å². The van der Waals surface area contributed by atoms with Crippen molar-refractivity contribution in [3.8, 4) is 0 Å². The summed E-state index contributed by atoms with van der Waals surface area (Å²) in [5.74, 6) is 0.763. The highest BCUT2D eigenvalue weighted by Crippen LogP contribution is 2.25. The second-order valence-electron chi connectivity index (χ2n) is 3.30. The molecule has 0 bridgehead atoms. The molecule has 0 aliphatic carbocycles. The minimum absolute atomic E-state index is 0.321. The van der Waals surface area contributed by atoms with E-state index in [2.05, 4.69) is 42.4 Å². The van der Waals surface area contributed by atoms with Gasteiger partial charge in [0, 0.05) is 13.1 Å². The van der Waals surface area contributed by atoms with Crippen molar-refractivity contribution >= 4 is 18.2 Å². The topological polar surface area (TPSA) is 42.2 Å². The first-order valence-corrected chi connectivity index (χ1v) is 4.52. The molecule has 14 heavy (non-hydrogen) atoms. The molecule has 0 aliphatic rings. The maximum Gasteiger partial charge on any atom is 0.161 e. The van der Waals surface area contributed by atoms with Crippen molar-refractivity contribution in [1.82, 2.24) is 14.9 Å². The van der Waals surface area contributed by atoms with Gasteiger partial charge in [-0.2, -0.15) is 0 Å². The smallest absolute Gasteiger partial charge is 0.161 e. The molecule has 1 aromatic rings. The maximum atomic E-state index is 4.25. The molecule has 0 spiro atoms. The van der Waals surface area contributed by atoms with Crippen molar-refractivity contribution in [2.24, 2.45) is 4.99 Å². The van der Waals surface area contributed by atoms with E-state index in [-0.39, 0.29) is 0 Å². The zero-order valence-corrected chi connectivity index (χ0v) is 8.91. The van der Waals surface area contributed by atoms with E-state index in [1.54, 1.807) is 6.33 Å². The summed E-state index contributed by atoms with van der Waals surface area (Å²) >= 11 is 0. The molecule has 0 atom stereocenters. The van der Waals surface area contributed by atoms with E-state index in [4.69, 9.17) is 0 Å². The highest BCUT2D eigenvalue weighted by molar-refractivity contribution is 5.68. The van der Waals surface area contributed by atoms with Crippen LogP contribution in [0.25, 0.3) is 5.70 Å². The summed E-state index contributed by atoms with van der Waals surface area (Å²) in [5.41, 5.74) is 1.52. The highest BCUT2D eigenvalue weighted by atomic mass is 15.2. The SMILES string of the molecule is C=Nc1c(C(=C)NC)ncn1C(C)C. The van der Waals surface area contributed by atoms with Crippen LogP contribution in [0.5, 0.6) is 0 Å². The average Bonchev–Trinajstić information content (AvgIpc) is 2.59. The molecule has 0 aromatic carbocycles. The molecular weight excluding hydrogens is 176 g/mol. The number of aliphatic imine (C=N–C) groups is 1. The van der Waals surface area contributed by atoms with Crippen molar-refractivity contribution < 1.29 is 0 Å². The van der Waals surface area contributed by atoms with Gasteiger partial charge in [-0.1, -0.05) is 6.58 Å². The molecule has 1 heterocycles. The predicted molar refractivity (Wildman–Crippen MR) is 59.9 cm³/mol. The quantitative estimate of drug-likeness (QED) is 0.741. The Labute approximate surface area is 84.4 Å². The van der Waals surface area contributed by atoms with Crippen molar-refractivity contribution in [2.45, 2.75) is 19.9 Å². The number of nitrogens with one attached hydrogen (secondary N) is 1. The van der Waals surface area contributed by atoms with Crippen molar-refractivity contribution in [3.63, 3.8) is 0 Å². The Morgan fingerprint density at radius 2 is 2.29 bits per heavy atom. The van der Waals surface area contributed by atoms with Crippen molar-refractivity contribution in [2.75, 3.05) is 7.05 Å². The lowest BCUT2D eigenvalue weighted by atomic mass is 10.3. The van der Waals surface area contributed by atoms with Crippen LogP contribution in [0.4, 0.5) is 5.82 Å². The highest BCUT2D eigenvalue weighted by Gasteiger charge is 2.12. The van der Waals surface area contributed by atoms with Gasteiger partial charge in [0.05, 0.1) is 12.0 Å². The molecule has 0 fully saturated rings. The molecule has 0 aliphatic heterocycles. The lowest BCUT2D eigenvalue weighted by Crippen LogP contribution is -2.04. The standard InChI is InChI=1S/C10H16N4/c1-7(2)14-6-13-9(8(3)11-4)10(14)12-5/h6-7,11H,3,5H2,1-2,4H3. The Morgan fingerprint density at radius 1 is 1.64 bits per heavy atom. The zero-order chi connectivity index (χ0) is 10.7. The Bertz CT molecular complexity index is 349. The lowest BCUT2D eigenvalue weighted by molar-refractivity contribution is 0.603. The summed E-state index contributed by atoms with van der Waals surface area (Å²) in [5, 5.41) is 2.95. The molecule has 0 amide bonds. The largest absolute Gasteiger partial charge is 0.387 e. The Morgan fingerprint density at radius 3 is 2.71 bits per heavy atom. The molecule has 0 saturated carbocycles. The van der Waals surface area contributed by atoms with E-state index in [9.17, 15) is 0 Å². The summed E-state index contributed by atoms with van der Waals surface area (Å²) < 4.78 is 1.96. The number of nitrogens with zero attached hydrogens (tertiary/aromatic N) is 3. The van der Waals surface area contributed by atoms with Crippen LogP contribution >= 0.6 is 0 Å². The minimum Gasteiger partial charge on any atom is -0.387 e. The number of rotatable bonds is 4. The fraction of sp³-hybridized carbons (Fsp3) is 0.400. The normalized spacial score (nSPS) is 10.3. The van der Waals surface area contributed by atoms with Gasteiger partial charge in [0.25, 0.3) is 0 Å². The van der Waals surface area contributed by atoms with Crippen molar-refractivity contribution in [1.29, 1.82) is 0 Å². The number of hydrogen-bond donors (Lipinski definition) is 1. The van der Waals surface area contributed by atoms with Gasteiger partial charge in [0.15, 0.2) is 5.82 Å². The fourth-order valence-corrected chi connectivity index (χ4v) is 1.22. The third kappa shape index (κ3) is 1.69. The van der Waals surface area contributed by atoms with E-state index >= 15 is 0 Å². The monoisotopic (exact) mass is 192 g/mol. The van der Waals surface area contributed by atoms with Crippen LogP contribution in [0.1, 0.15) is 25.6 Å². The van der Waals surface area contributed by atoms with Gasteiger partial charge in [0.2, 0.25) is 0 Å². The lowest BCUT2D eigenvalue weighted by Gasteiger charge is -2.09. The van der Waals surface area contributed by atoms with E-state index in [0.717, 1.165) is 17.2 Å². The summed E-state index contributed by atoms with van der Waals surface area (Å²) in [7, 11) is 1.81. The molecule has 76 valence electrons. The molecule has 0 unspecified atom stereocenters. The minimum atomic E-state index is 0.321. The molecule has 0 radical (unpaired) electrons. The van der Waals surface area contributed by atoms with Crippen LogP contribution in [0, 0.1) is 0 Å². The number of hydrogen-bond acceptors (Lipinski definition) is 3. The second kappa shape index (κ2) is 4.09. The van der Waals surface area contributed by atoms with Gasteiger partial charge in [0.1, 0.15) is 5.69 Å². The summed E-state index contributed by atoms with van der Waals surface area (Å²) in [4.78, 5) is 8.22.